The molecule has 0 aromatic heterocycles. The normalized spacial score (nSPS) is 15.7. The summed E-state index contributed by atoms with van der Waals surface area (Å²) in [5, 5.41) is 0.191. The minimum absolute atomic E-state index is 0.0730. The number of rotatable bonds is 6. The van der Waals surface area contributed by atoms with Crippen LogP contribution in [0.3, 0.4) is 0 Å². The summed E-state index contributed by atoms with van der Waals surface area (Å²) in [6, 6.07) is 4.49. The highest BCUT2D eigenvalue weighted by atomic mass is 35.5. The van der Waals surface area contributed by atoms with Crippen LogP contribution in [0.5, 0.6) is 0 Å². The smallest absolute Gasteiger partial charge is 0.244 e. The molecule has 1 fully saturated rings. The Morgan fingerprint density at radius 2 is 2.10 bits per heavy atom. The average molecular weight is 347 g/mol. The summed E-state index contributed by atoms with van der Waals surface area (Å²) in [4.78, 5) is 0.227. The number of sulfonamides is 1. The van der Waals surface area contributed by atoms with Crippen LogP contribution in [-0.4, -0.2) is 30.3 Å². The van der Waals surface area contributed by atoms with Crippen molar-refractivity contribution in [1.29, 1.82) is 0 Å². The summed E-state index contributed by atoms with van der Waals surface area (Å²) in [5.74, 6) is 0.458. The van der Waals surface area contributed by atoms with Gasteiger partial charge in [-0.2, -0.15) is 4.31 Å². The SMILES string of the molecule is CC(C)N(CC1CC1)S(=O)(=O)c1cc(C(N)=S)ccc1Cl. The summed E-state index contributed by atoms with van der Waals surface area (Å²) in [6.07, 6.45) is 2.17. The van der Waals surface area contributed by atoms with Gasteiger partial charge in [0.2, 0.25) is 10.0 Å². The largest absolute Gasteiger partial charge is 0.389 e. The molecule has 0 aliphatic heterocycles. The standard InChI is InChI=1S/C14H19ClN2O2S2/c1-9(2)17(8-10-3-4-10)21(18,19)13-7-11(14(16)20)5-6-12(13)15/h5-7,9-10H,3-4,8H2,1-2H3,(H2,16,20). The molecule has 2 rings (SSSR count). The van der Waals surface area contributed by atoms with Crippen molar-refractivity contribution in [2.75, 3.05) is 6.54 Å². The predicted octanol–water partition coefficient (Wildman–Crippen LogP) is 2.78. The predicted molar refractivity (Wildman–Crippen MR) is 89.1 cm³/mol. The fraction of sp³-hybridized carbons (Fsp3) is 0.500. The summed E-state index contributed by atoms with van der Waals surface area (Å²) in [6.45, 7) is 4.27. The molecule has 0 bridgehead atoms. The van der Waals surface area contributed by atoms with Gasteiger partial charge in [-0.15, -0.1) is 0 Å². The van der Waals surface area contributed by atoms with Gasteiger partial charge in [0.25, 0.3) is 0 Å². The van der Waals surface area contributed by atoms with E-state index < -0.39 is 10.0 Å². The molecule has 116 valence electrons. The minimum Gasteiger partial charge on any atom is -0.389 e. The zero-order chi connectivity index (χ0) is 15.8. The lowest BCUT2D eigenvalue weighted by Gasteiger charge is -2.26. The second kappa shape index (κ2) is 6.20. The van der Waals surface area contributed by atoms with Gasteiger partial charge in [0.1, 0.15) is 9.88 Å². The van der Waals surface area contributed by atoms with Crippen molar-refractivity contribution in [3.05, 3.63) is 28.8 Å². The Morgan fingerprint density at radius 1 is 1.48 bits per heavy atom. The van der Waals surface area contributed by atoms with Crippen LogP contribution in [0.4, 0.5) is 0 Å². The number of halogens is 1. The van der Waals surface area contributed by atoms with Gasteiger partial charge < -0.3 is 5.73 Å². The van der Waals surface area contributed by atoms with Crippen LogP contribution in [-0.2, 0) is 10.0 Å². The molecule has 1 aromatic rings. The molecule has 7 heteroatoms. The van der Waals surface area contributed by atoms with E-state index in [9.17, 15) is 8.42 Å². The number of hydrogen-bond donors (Lipinski definition) is 1. The molecule has 0 unspecified atom stereocenters. The minimum atomic E-state index is -3.66. The average Bonchev–Trinajstić information content (AvgIpc) is 3.19. The molecule has 0 atom stereocenters. The highest BCUT2D eigenvalue weighted by Crippen LogP contribution is 2.34. The van der Waals surface area contributed by atoms with E-state index in [0.29, 0.717) is 18.0 Å². The lowest BCUT2D eigenvalue weighted by molar-refractivity contribution is 0.342. The van der Waals surface area contributed by atoms with Gasteiger partial charge >= 0.3 is 0 Å². The lowest BCUT2D eigenvalue weighted by Crippen LogP contribution is -2.38. The first kappa shape index (κ1) is 16.7. The van der Waals surface area contributed by atoms with E-state index in [-0.39, 0.29) is 20.9 Å². The van der Waals surface area contributed by atoms with Crippen molar-refractivity contribution in [2.24, 2.45) is 11.7 Å². The Labute approximate surface area is 136 Å². The molecule has 1 saturated carbocycles. The number of nitrogens with zero attached hydrogens (tertiary/aromatic N) is 1. The summed E-state index contributed by atoms with van der Waals surface area (Å²) >= 11 is 11.0. The van der Waals surface area contributed by atoms with Gasteiger partial charge in [0, 0.05) is 18.2 Å². The fourth-order valence-corrected chi connectivity index (χ4v) is 4.46. The zero-order valence-corrected chi connectivity index (χ0v) is 14.4. The van der Waals surface area contributed by atoms with Crippen LogP contribution < -0.4 is 5.73 Å². The van der Waals surface area contributed by atoms with E-state index in [1.54, 1.807) is 6.07 Å². The Bertz CT molecular complexity index is 655. The van der Waals surface area contributed by atoms with Crippen LogP contribution >= 0.6 is 23.8 Å². The molecule has 1 aliphatic rings. The summed E-state index contributed by atoms with van der Waals surface area (Å²) in [5.41, 5.74) is 6.09. The van der Waals surface area contributed by atoms with Crippen molar-refractivity contribution in [3.63, 3.8) is 0 Å². The molecule has 1 aliphatic carbocycles. The van der Waals surface area contributed by atoms with E-state index in [4.69, 9.17) is 29.6 Å². The number of nitrogens with two attached hydrogens (primary N) is 1. The van der Waals surface area contributed by atoms with Crippen LogP contribution in [0.25, 0.3) is 0 Å². The highest BCUT2D eigenvalue weighted by Gasteiger charge is 2.34. The molecule has 0 spiro atoms. The van der Waals surface area contributed by atoms with Gasteiger partial charge in [-0.25, -0.2) is 8.42 Å². The van der Waals surface area contributed by atoms with Crippen molar-refractivity contribution in [1.82, 2.24) is 4.31 Å². The van der Waals surface area contributed by atoms with Crippen LogP contribution in [0.2, 0.25) is 5.02 Å². The van der Waals surface area contributed by atoms with Crippen molar-refractivity contribution >= 4 is 38.8 Å². The van der Waals surface area contributed by atoms with Crippen molar-refractivity contribution in [2.45, 2.75) is 37.6 Å². The Balaban J connectivity index is 2.45. The molecule has 2 N–H and O–H groups in total. The van der Waals surface area contributed by atoms with Crippen molar-refractivity contribution < 1.29 is 8.42 Å². The Kier molecular flexibility index (Phi) is 4.92. The first-order chi connectivity index (χ1) is 9.73. The Morgan fingerprint density at radius 3 is 2.57 bits per heavy atom. The second-order valence-corrected chi connectivity index (χ2v) is 8.33. The third-order valence-corrected chi connectivity index (χ3v) is 6.27. The van der Waals surface area contributed by atoms with Gasteiger partial charge in [0.05, 0.1) is 5.02 Å². The van der Waals surface area contributed by atoms with E-state index in [1.165, 1.54) is 16.4 Å². The molecule has 21 heavy (non-hydrogen) atoms. The monoisotopic (exact) mass is 346 g/mol. The molecule has 0 radical (unpaired) electrons. The maximum Gasteiger partial charge on any atom is 0.244 e. The molecule has 0 heterocycles. The maximum absolute atomic E-state index is 12.9. The van der Waals surface area contributed by atoms with Gasteiger partial charge in [-0.3, -0.25) is 0 Å². The number of hydrogen-bond acceptors (Lipinski definition) is 3. The van der Waals surface area contributed by atoms with Crippen LogP contribution in [0.1, 0.15) is 32.3 Å². The summed E-state index contributed by atoms with van der Waals surface area (Å²) in [7, 11) is -3.66. The second-order valence-electron chi connectivity index (χ2n) is 5.62. The number of benzene rings is 1. The molecule has 0 saturated heterocycles. The molecular weight excluding hydrogens is 328 g/mol. The zero-order valence-electron chi connectivity index (χ0n) is 12.0. The highest BCUT2D eigenvalue weighted by molar-refractivity contribution is 7.89. The first-order valence-electron chi connectivity index (χ1n) is 6.84. The number of thiocarbonyl (C=S) groups is 1. The maximum atomic E-state index is 12.9. The topological polar surface area (TPSA) is 63.4 Å². The molecular formula is C14H19ClN2O2S2. The van der Waals surface area contributed by atoms with E-state index >= 15 is 0 Å². The van der Waals surface area contributed by atoms with E-state index in [0.717, 1.165) is 12.8 Å². The molecule has 0 amide bonds. The van der Waals surface area contributed by atoms with Gasteiger partial charge in [0.15, 0.2) is 0 Å². The van der Waals surface area contributed by atoms with E-state index in [2.05, 4.69) is 0 Å². The van der Waals surface area contributed by atoms with Gasteiger partial charge in [-0.05, 0) is 44.7 Å². The van der Waals surface area contributed by atoms with Gasteiger partial charge in [-0.1, -0.05) is 29.9 Å². The fourth-order valence-electron chi connectivity index (χ4n) is 2.12. The van der Waals surface area contributed by atoms with Crippen molar-refractivity contribution in [3.8, 4) is 0 Å². The van der Waals surface area contributed by atoms with Crippen LogP contribution in [0, 0.1) is 5.92 Å². The third kappa shape index (κ3) is 3.74. The van der Waals surface area contributed by atoms with E-state index in [1.807, 2.05) is 13.8 Å². The summed E-state index contributed by atoms with van der Waals surface area (Å²) < 4.78 is 27.3. The van der Waals surface area contributed by atoms with Crippen LogP contribution in [0.15, 0.2) is 23.1 Å². The third-order valence-electron chi connectivity index (χ3n) is 3.51. The quantitative estimate of drug-likeness (QED) is 0.804. The first-order valence-corrected chi connectivity index (χ1v) is 9.07. The molecule has 4 nitrogen and oxygen atoms in total. The Hall–Kier alpha value is -0.690. The lowest BCUT2D eigenvalue weighted by atomic mass is 10.2. The molecule has 1 aromatic carbocycles.